The molecule has 2 rings (SSSR count). The van der Waals surface area contributed by atoms with E-state index < -0.39 is 0 Å². The van der Waals surface area contributed by atoms with Crippen LogP contribution in [0, 0.1) is 34.6 Å². The summed E-state index contributed by atoms with van der Waals surface area (Å²) < 4.78 is 0. The number of halogens is 1. The number of hydrogen-bond acceptors (Lipinski definition) is 0. The Labute approximate surface area is 139 Å². The van der Waals surface area contributed by atoms with Gasteiger partial charge in [-0.1, -0.05) is 58.9 Å². The molecule has 0 amide bonds. The second-order valence-corrected chi connectivity index (χ2v) is 5.22. The molecule has 1 aromatic carbocycles. The van der Waals surface area contributed by atoms with Crippen LogP contribution in [-0.2, 0) is 17.3 Å². The van der Waals surface area contributed by atoms with Crippen molar-refractivity contribution in [3.05, 3.63) is 52.1 Å². The fourth-order valence-electron chi connectivity index (χ4n) is 2.26. The first kappa shape index (κ1) is 19.7. The Morgan fingerprint density at radius 2 is 1.00 bits per heavy atom. The molecule has 1 aliphatic rings. The van der Waals surface area contributed by atoms with E-state index in [1.807, 2.05) is 17.3 Å². The standard InChI is InChI=1S/C10H15.C8H12.ClH.Ru/c1-6-7(2)9(4)10(5)8(6)3;1-2-4-6-8-7-5-3-1;;/h1-5H3;1-2,7-8H,3-6H2;1H;/q-1;;;+2/p-1. The molecule has 0 fully saturated rings. The third-order valence-corrected chi connectivity index (χ3v) is 4.15. The van der Waals surface area contributed by atoms with Gasteiger partial charge in [0.25, 0.3) is 0 Å². The molecule has 0 saturated heterocycles. The molecule has 0 aliphatic heterocycles. The van der Waals surface area contributed by atoms with Crippen LogP contribution in [0.25, 0.3) is 0 Å². The Morgan fingerprint density at radius 1 is 0.750 bits per heavy atom. The van der Waals surface area contributed by atoms with E-state index in [0.29, 0.717) is 0 Å². The molecule has 20 heavy (non-hydrogen) atoms. The molecular formula is C18H27ClRu. The van der Waals surface area contributed by atoms with E-state index in [2.05, 4.69) is 68.6 Å². The summed E-state index contributed by atoms with van der Waals surface area (Å²) in [4.78, 5) is 0. The molecule has 0 heterocycles. The minimum absolute atomic E-state index is 1.23. The summed E-state index contributed by atoms with van der Waals surface area (Å²) in [6.45, 7) is 11.0. The number of rotatable bonds is 0. The number of allylic oxidation sites excluding steroid dienone is 4. The molecule has 1 aromatic rings. The van der Waals surface area contributed by atoms with E-state index in [1.165, 1.54) is 53.5 Å². The maximum atomic E-state index is 4.57. The van der Waals surface area contributed by atoms with E-state index >= 15 is 0 Å². The zero-order valence-corrected chi connectivity index (χ0v) is 15.9. The van der Waals surface area contributed by atoms with Gasteiger partial charge in [-0.15, -0.1) is 0 Å². The fraction of sp³-hybridized carbons (Fsp3) is 0.500. The van der Waals surface area contributed by atoms with Gasteiger partial charge in [0.05, 0.1) is 0 Å². The summed E-state index contributed by atoms with van der Waals surface area (Å²) in [6, 6.07) is 0. The van der Waals surface area contributed by atoms with Gasteiger partial charge in [0.1, 0.15) is 0 Å². The van der Waals surface area contributed by atoms with Crippen LogP contribution in [0.2, 0.25) is 0 Å². The summed E-state index contributed by atoms with van der Waals surface area (Å²) >= 11 is 1.82. The third kappa shape index (κ3) is 6.46. The van der Waals surface area contributed by atoms with Crippen molar-refractivity contribution in [3.63, 3.8) is 0 Å². The van der Waals surface area contributed by atoms with Crippen LogP contribution < -0.4 is 0 Å². The van der Waals surface area contributed by atoms with Gasteiger partial charge < -0.3 is 0 Å². The summed E-state index contributed by atoms with van der Waals surface area (Å²) in [5, 5.41) is 0. The van der Waals surface area contributed by atoms with Crippen LogP contribution in [0.15, 0.2) is 24.3 Å². The molecule has 0 bridgehead atoms. The molecule has 2 heteroatoms. The molecular weight excluding hydrogens is 353 g/mol. The van der Waals surface area contributed by atoms with Gasteiger partial charge in [-0.3, -0.25) is 0 Å². The van der Waals surface area contributed by atoms with Crippen molar-refractivity contribution < 1.29 is 17.3 Å². The van der Waals surface area contributed by atoms with Crippen molar-refractivity contribution in [2.24, 2.45) is 0 Å². The van der Waals surface area contributed by atoms with Crippen molar-refractivity contribution in [2.75, 3.05) is 0 Å². The summed E-state index contributed by atoms with van der Waals surface area (Å²) in [5.41, 5.74) is 7.34. The molecule has 0 saturated carbocycles. The molecule has 0 nitrogen and oxygen atoms in total. The number of hydrogen-bond donors (Lipinski definition) is 0. The average molecular weight is 380 g/mol. The predicted molar refractivity (Wildman–Crippen MR) is 88.3 cm³/mol. The Morgan fingerprint density at radius 3 is 1.15 bits per heavy atom. The van der Waals surface area contributed by atoms with E-state index in [0.717, 1.165) is 0 Å². The van der Waals surface area contributed by atoms with Gasteiger partial charge in [0.15, 0.2) is 0 Å². The third-order valence-electron chi connectivity index (χ3n) is 4.15. The first-order valence-electron chi connectivity index (χ1n) is 7.18. The molecule has 114 valence electrons. The molecule has 1 aliphatic carbocycles. The summed E-state index contributed by atoms with van der Waals surface area (Å²) in [6.07, 6.45) is 14.0. The van der Waals surface area contributed by atoms with Gasteiger partial charge in [-0.25, -0.2) is 0 Å². The summed E-state index contributed by atoms with van der Waals surface area (Å²) in [5.74, 6) is 0. The molecule has 0 N–H and O–H groups in total. The first-order chi connectivity index (χ1) is 9.55. The van der Waals surface area contributed by atoms with Crippen molar-refractivity contribution in [1.29, 1.82) is 0 Å². The molecule has 0 spiro atoms. The fourth-order valence-corrected chi connectivity index (χ4v) is 2.26. The van der Waals surface area contributed by atoms with Gasteiger partial charge in [0, 0.05) is 0 Å². The minimum atomic E-state index is 1.23. The molecule has 0 unspecified atom stereocenters. The average Bonchev–Trinajstić information content (AvgIpc) is 2.59. The Hall–Kier alpha value is -0.257. The Balaban J connectivity index is 0.000000327. The van der Waals surface area contributed by atoms with Crippen molar-refractivity contribution in [2.45, 2.75) is 60.3 Å². The van der Waals surface area contributed by atoms with Crippen molar-refractivity contribution in [1.82, 2.24) is 0 Å². The maximum absolute atomic E-state index is 4.57. The Kier molecular flexibility index (Phi) is 11.3. The van der Waals surface area contributed by atoms with Crippen LogP contribution in [0.4, 0.5) is 0 Å². The summed E-state index contributed by atoms with van der Waals surface area (Å²) in [7, 11) is 4.57. The monoisotopic (exact) mass is 380 g/mol. The molecule has 0 atom stereocenters. The van der Waals surface area contributed by atoms with Crippen LogP contribution in [0.1, 0.15) is 53.5 Å². The normalized spacial score (nSPS) is 13.6. The topological polar surface area (TPSA) is 0 Å². The van der Waals surface area contributed by atoms with Crippen molar-refractivity contribution in [3.8, 4) is 0 Å². The quantitative estimate of drug-likeness (QED) is 0.281. The van der Waals surface area contributed by atoms with Crippen LogP contribution in [0.5, 0.6) is 0 Å². The van der Waals surface area contributed by atoms with Gasteiger partial charge in [0.2, 0.25) is 0 Å². The molecule has 0 radical (unpaired) electrons. The SMILES string of the molecule is C1=CCCC=CCC1.Cc1c(C)c(C)[c-](C)c1C.[Cl][Ru+]. The second-order valence-electron chi connectivity index (χ2n) is 5.22. The van der Waals surface area contributed by atoms with E-state index in [4.69, 9.17) is 0 Å². The van der Waals surface area contributed by atoms with Crippen LogP contribution >= 0.6 is 9.69 Å². The van der Waals surface area contributed by atoms with E-state index in [9.17, 15) is 0 Å². The zero-order valence-electron chi connectivity index (χ0n) is 13.4. The van der Waals surface area contributed by atoms with Gasteiger partial charge >= 0.3 is 27.0 Å². The van der Waals surface area contributed by atoms with Gasteiger partial charge in [-0.2, -0.15) is 27.8 Å². The second kappa shape index (κ2) is 11.4. The van der Waals surface area contributed by atoms with Crippen LogP contribution in [0.3, 0.4) is 0 Å². The van der Waals surface area contributed by atoms with E-state index in [-0.39, 0.29) is 0 Å². The van der Waals surface area contributed by atoms with E-state index in [1.54, 1.807) is 0 Å². The van der Waals surface area contributed by atoms with Crippen molar-refractivity contribution >= 4 is 9.69 Å². The zero-order chi connectivity index (χ0) is 15.5. The first-order valence-corrected chi connectivity index (χ1v) is 9.42. The molecule has 0 aromatic heterocycles. The van der Waals surface area contributed by atoms with Crippen LogP contribution in [-0.4, -0.2) is 0 Å². The predicted octanol–water partition coefficient (Wildman–Crippen LogP) is 6.31. The Bertz CT molecular complexity index is 332. The van der Waals surface area contributed by atoms with Gasteiger partial charge in [-0.05, 0) is 25.7 Å².